The Morgan fingerprint density at radius 3 is 2.71 bits per heavy atom. The van der Waals surface area contributed by atoms with Gasteiger partial charge in [-0.2, -0.15) is 0 Å². The molecule has 86 valence electrons. The second-order valence-electron chi connectivity index (χ2n) is 3.66. The van der Waals surface area contributed by atoms with Crippen molar-refractivity contribution >= 4 is 11.7 Å². The summed E-state index contributed by atoms with van der Waals surface area (Å²) in [6.07, 6.45) is 1.66. The molecule has 0 aliphatic rings. The number of carboxylic acid groups (broad SMARTS) is 1. The van der Waals surface area contributed by atoms with Gasteiger partial charge in [-0.3, -0.25) is 4.98 Å². The van der Waals surface area contributed by atoms with Crippen LogP contribution in [-0.4, -0.2) is 21.0 Å². The van der Waals surface area contributed by atoms with Crippen molar-refractivity contribution < 1.29 is 9.90 Å². The summed E-state index contributed by atoms with van der Waals surface area (Å²) in [5.41, 5.74) is 7.70. The Hall–Kier alpha value is -2.43. The van der Waals surface area contributed by atoms with Gasteiger partial charge in [0.1, 0.15) is 0 Å². The van der Waals surface area contributed by atoms with E-state index >= 15 is 0 Å². The average Bonchev–Trinajstić information content (AvgIpc) is 2.29. The predicted octanol–water partition coefficient (Wildman–Crippen LogP) is 1.73. The SMILES string of the molecule is Cc1ccnc(-c2ccc(N)c(C(=O)O)n2)c1. The number of nitrogens with two attached hydrogens (primary N) is 1. The Balaban J connectivity index is 2.54. The van der Waals surface area contributed by atoms with Crippen LogP contribution >= 0.6 is 0 Å². The van der Waals surface area contributed by atoms with Crippen LogP contribution in [0, 0.1) is 6.92 Å². The molecule has 0 aromatic carbocycles. The minimum absolute atomic E-state index is 0.147. The summed E-state index contributed by atoms with van der Waals surface area (Å²) in [5, 5.41) is 8.93. The molecule has 2 heterocycles. The molecule has 17 heavy (non-hydrogen) atoms. The lowest BCUT2D eigenvalue weighted by molar-refractivity contribution is 0.0692. The van der Waals surface area contributed by atoms with Crippen molar-refractivity contribution in [2.75, 3.05) is 5.73 Å². The molecule has 2 rings (SSSR count). The number of anilines is 1. The van der Waals surface area contributed by atoms with E-state index in [0.717, 1.165) is 5.56 Å². The van der Waals surface area contributed by atoms with E-state index in [9.17, 15) is 4.79 Å². The Morgan fingerprint density at radius 2 is 2.06 bits per heavy atom. The minimum Gasteiger partial charge on any atom is -0.476 e. The number of aryl methyl sites for hydroxylation is 1. The van der Waals surface area contributed by atoms with E-state index in [1.165, 1.54) is 6.07 Å². The molecular weight excluding hydrogens is 218 g/mol. The third-order valence-electron chi connectivity index (χ3n) is 2.31. The number of hydrogen-bond donors (Lipinski definition) is 2. The highest BCUT2D eigenvalue weighted by Crippen LogP contribution is 2.19. The van der Waals surface area contributed by atoms with Gasteiger partial charge in [-0.1, -0.05) is 0 Å². The van der Waals surface area contributed by atoms with Gasteiger partial charge in [0.05, 0.1) is 17.1 Å². The number of carboxylic acids is 1. The molecule has 0 radical (unpaired) electrons. The zero-order chi connectivity index (χ0) is 12.4. The molecule has 5 heteroatoms. The maximum absolute atomic E-state index is 10.9. The maximum atomic E-state index is 10.9. The first-order valence-corrected chi connectivity index (χ1v) is 5.01. The van der Waals surface area contributed by atoms with E-state index in [4.69, 9.17) is 10.8 Å². The van der Waals surface area contributed by atoms with Crippen LogP contribution in [-0.2, 0) is 0 Å². The van der Waals surface area contributed by atoms with E-state index < -0.39 is 5.97 Å². The summed E-state index contributed by atoms with van der Waals surface area (Å²) in [4.78, 5) is 19.0. The fourth-order valence-electron chi connectivity index (χ4n) is 1.46. The maximum Gasteiger partial charge on any atom is 0.356 e. The van der Waals surface area contributed by atoms with Crippen LogP contribution < -0.4 is 5.73 Å². The molecule has 0 atom stereocenters. The lowest BCUT2D eigenvalue weighted by Gasteiger charge is -2.04. The number of nitrogens with zero attached hydrogens (tertiary/aromatic N) is 2. The van der Waals surface area contributed by atoms with Crippen LogP contribution in [0.25, 0.3) is 11.4 Å². The first kappa shape index (κ1) is 11.1. The predicted molar refractivity (Wildman–Crippen MR) is 63.6 cm³/mol. The van der Waals surface area contributed by atoms with Crippen molar-refractivity contribution in [3.05, 3.63) is 41.7 Å². The monoisotopic (exact) mass is 229 g/mol. The second kappa shape index (κ2) is 4.21. The number of aromatic nitrogens is 2. The standard InChI is InChI=1S/C12H11N3O2/c1-7-4-5-14-10(6-7)9-3-2-8(13)11(15-9)12(16)17/h2-6H,13H2,1H3,(H,16,17). The fourth-order valence-corrected chi connectivity index (χ4v) is 1.46. The molecule has 0 bridgehead atoms. The number of carbonyl (C=O) groups is 1. The van der Waals surface area contributed by atoms with E-state index in [2.05, 4.69) is 9.97 Å². The molecule has 2 aromatic rings. The van der Waals surface area contributed by atoms with Gasteiger partial charge in [-0.05, 0) is 36.8 Å². The number of nitrogen functional groups attached to an aromatic ring is 1. The summed E-state index contributed by atoms with van der Waals surface area (Å²) in [5.74, 6) is -1.14. The molecule has 3 N–H and O–H groups in total. The van der Waals surface area contributed by atoms with Gasteiger partial charge >= 0.3 is 5.97 Å². The van der Waals surface area contributed by atoms with Crippen molar-refractivity contribution in [3.63, 3.8) is 0 Å². The summed E-state index contributed by atoms with van der Waals surface area (Å²) in [7, 11) is 0. The van der Waals surface area contributed by atoms with E-state index in [0.29, 0.717) is 11.4 Å². The van der Waals surface area contributed by atoms with Crippen LogP contribution in [0.4, 0.5) is 5.69 Å². The first-order chi connectivity index (χ1) is 8.08. The van der Waals surface area contributed by atoms with Crippen molar-refractivity contribution in [2.24, 2.45) is 0 Å². The first-order valence-electron chi connectivity index (χ1n) is 5.01. The lowest BCUT2D eigenvalue weighted by atomic mass is 10.2. The van der Waals surface area contributed by atoms with Gasteiger partial charge in [-0.25, -0.2) is 9.78 Å². The van der Waals surface area contributed by atoms with Crippen LogP contribution in [0.1, 0.15) is 16.1 Å². The van der Waals surface area contributed by atoms with E-state index in [1.54, 1.807) is 12.3 Å². The Bertz CT molecular complexity index is 582. The van der Waals surface area contributed by atoms with Crippen molar-refractivity contribution in [1.82, 2.24) is 9.97 Å². The molecule has 0 amide bonds. The lowest BCUT2D eigenvalue weighted by Crippen LogP contribution is -2.06. The number of hydrogen-bond acceptors (Lipinski definition) is 4. The molecule has 2 aromatic heterocycles. The highest BCUT2D eigenvalue weighted by atomic mass is 16.4. The third kappa shape index (κ3) is 2.23. The molecular formula is C12H11N3O2. The molecule has 0 saturated heterocycles. The zero-order valence-corrected chi connectivity index (χ0v) is 9.21. The Labute approximate surface area is 98.0 Å². The average molecular weight is 229 g/mol. The van der Waals surface area contributed by atoms with Gasteiger partial charge in [-0.15, -0.1) is 0 Å². The quantitative estimate of drug-likeness (QED) is 0.818. The van der Waals surface area contributed by atoms with Gasteiger partial charge in [0, 0.05) is 6.20 Å². The van der Waals surface area contributed by atoms with Crippen LogP contribution in [0.15, 0.2) is 30.5 Å². The summed E-state index contributed by atoms with van der Waals surface area (Å²) in [6.45, 7) is 1.93. The molecule has 0 spiro atoms. The van der Waals surface area contributed by atoms with Gasteiger partial charge in [0.25, 0.3) is 0 Å². The normalized spacial score (nSPS) is 10.2. The highest BCUT2D eigenvalue weighted by Gasteiger charge is 2.12. The molecule has 5 nitrogen and oxygen atoms in total. The van der Waals surface area contributed by atoms with Crippen molar-refractivity contribution in [2.45, 2.75) is 6.92 Å². The van der Waals surface area contributed by atoms with Crippen molar-refractivity contribution in [1.29, 1.82) is 0 Å². The second-order valence-corrected chi connectivity index (χ2v) is 3.66. The van der Waals surface area contributed by atoms with E-state index in [1.807, 2.05) is 19.1 Å². The molecule has 0 saturated carbocycles. The summed E-state index contributed by atoms with van der Waals surface area (Å²) >= 11 is 0. The fraction of sp³-hybridized carbons (Fsp3) is 0.0833. The van der Waals surface area contributed by atoms with Crippen molar-refractivity contribution in [3.8, 4) is 11.4 Å². The summed E-state index contributed by atoms with van der Waals surface area (Å²) < 4.78 is 0. The molecule has 0 unspecified atom stereocenters. The van der Waals surface area contributed by atoms with Gasteiger partial charge < -0.3 is 10.8 Å². The van der Waals surface area contributed by atoms with Crippen LogP contribution in [0.2, 0.25) is 0 Å². The minimum atomic E-state index is -1.14. The Kier molecular flexibility index (Phi) is 2.74. The van der Waals surface area contributed by atoms with Gasteiger partial charge in [0.15, 0.2) is 5.69 Å². The smallest absolute Gasteiger partial charge is 0.356 e. The number of pyridine rings is 2. The van der Waals surface area contributed by atoms with Crippen LogP contribution in [0.5, 0.6) is 0 Å². The number of rotatable bonds is 2. The van der Waals surface area contributed by atoms with Crippen LogP contribution in [0.3, 0.4) is 0 Å². The molecule has 0 aliphatic heterocycles. The zero-order valence-electron chi connectivity index (χ0n) is 9.21. The summed E-state index contributed by atoms with van der Waals surface area (Å²) in [6, 6.07) is 6.88. The largest absolute Gasteiger partial charge is 0.476 e. The molecule has 0 aliphatic carbocycles. The Morgan fingerprint density at radius 1 is 1.29 bits per heavy atom. The highest BCUT2D eigenvalue weighted by molar-refractivity contribution is 5.92. The third-order valence-corrected chi connectivity index (χ3v) is 2.31. The molecule has 0 fully saturated rings. The topological polar surface area (TPSA) is 89.1 Å². The number of aromatic carboxylic acids is 1. The van der Waals surface area contributed by atoms with Gasteiger partial charge in [0.2, 0.25) is 0 Å². The van der Waals surface area contributed by atoms with E-state index in [-0.39, 0.29) is 11.4 Å².